The number of benzene rings is 1. The maximum atomic E-state index is 12.3. The number of carboxylic acids is 1. The zero-order chi connectivity index (χ0) is 19.3. The summed E-state index contributed by atoms with van der Waals surface area (Å²) in [6.07, 6.45) is 1.58. The largest absolute Gasteiger partial charge is 0.493 e. The molecule has 1 aromatic carbocycles. The number of nitrogens with zero attached hydrogens (tertiary/aromatic N) is 1. The van der Waals surface area contributed by atoms with E-state index >= 15 is 0 Å². The minimum atomic E-state index is -1.14. The van der Waals surface area contributed by atoms with Crippen LogP contribution in [0.4, 0.5) is 0 Å². The summed E-state index contributed by atoms with van der Waals surface area (Å²) in [5.41, 5.74) is 0.628. The lowest BCUT2D eigenvalue weighted by atomic mass is 10.2. The van der Waals surface area contributed by atoms with E-state index in [4.69, 9.17) is 26.8 Å². The van der Waals surface area contributed by atoms with Gasteiger partial charge in [-0.25, -0.2) is 4.79 Å². The Balaban J connectivity index is 2.20. The van der Waals surface area contributed by atoms with Crippen LogP contribution in [0.2, 0.25) is 0 Å². The summed E-state index contributed by atoms with van der Waals surface area (Å²) in [6, 6.07) is 4.88. The van der Waals surface area contributed by atoms with Crippen molar-refractivity contribution in [2.24, 2.45) is 0 Å². The number of amides is 1. The molecule has 1 saturated heterocycles. The van der Waals surface area contributed by atoms with E-state index in [2.05, 4.69) is 4.74 Å². The minimum Gasteiger partial charge on any atom is -0.493 e. The van der Waals surface area contributed by atoms with E-state index < -0.39 is 24.4 Å². The van der Waals surface area contributed by atoms with Crippen molar-refractivity contribution < 1.29 is 33.7 Å². The Morgan fingerprint density at radius 1 is 1.31 bits per heavy atom. The Kier molecular flexibility index (Phi) is 6.58. The van der Waals surface area contributed by atoms with Crippen LogP contribution in [0.15, 0.2) is 23.1 Å². The molecule has 0 radical (unpaired) electrons. The third kappa shape index (κ3) is 4.73. The van der Waals surface area contributed by atoms with Crippen LogP contribution in [0, 0.1) is 0 Å². The van der Waals surface area contributed by atoms with Crippen molar-refractivity contribution in [3.63, 3.8) is 0 Å². The van der Waals surface area contributed by atoms with E-state index in [0.717, 1.165) is 16.7 Å². The molecule has 10 heteroatoms. The first-order chi connectivity index (χ1) is 12.3. The Bertz CT molecular complexity index is 791. The van der Waals surface area contributed by atoms with E-state index in [-0.39, 0.29) is 10.9 Å². The monoisotopic (exact) mass is 397 g/mol. The van der Waals surface area contributed by atoms with Crippen molar-refractivity contribution in [2.45, 2.75) is 0 Å². The molecule has 1 aromatic rings. The number of rotatable bonds is 7. The van der Waals surface area contributed by atoms with E-state index in [1.807, 2.05) is 0 Å². The van der Waals surface area contributed by atoms with Crippen LogP contribution in [0.1, 0.15) is 5.56 Å². The number of hydrogen-bond donors (Lipinski definition) is 1. The molecule has 1 N–H and O–H groups in total. The zero-order valence-electron chi connectivity index (χ0n) is 13.9. The number of thioether (sulfide) groups is 1. The summed E-state index contributed by atoms with van der Waals surface area (Å²) in [6.45, 7) is -0.744. The van der Waals surface area contributed by atoms with E-state index in [1.165, 1.54) is 14.2 Å². The molecule has 138 valence electrons. The number of hydrogen-bond acceptors (Lipinski definition) is 8. The Hall–Kier alpha value is -2.59. The molecular weight excluding hydrogens is 382 g/mol. The van der Waals surface area contributed by atoms with Gasteiger partial charge in [0.05, 0.1) is 19.1 Å². The molecule has 1 aliphatic rings. The van der Waals surface area contributed by atoms with Crippen LogP contribution in [0.5, 0.6) is 11.5 Å². The summed E-state index contributed by atoms with van der Waals surface area (Å²) in [4.78, 5) is 35.6. The lowest BCUT2D eigenvalue weighted by Crippen LogP contribution is -2.33. The maximum absolute atomic E-state index is 12.3. The molecule has 0 aromatic heterocycles. The molecule has 0 unspecified atom stereocenters. The summed E-state index contributed by atoms with van der Waals surface area (Å²) >= 11 is 6.07. The molecule has 0 atom stereocenters. The van der Waals surface area contributed by atoms with Gasteiger partial charge in [0.2, 0.25) is 0 Å². The molecule has 26 heavy (non-hydrogen) atoms. The highest BCUT2D eigenvalue weighted by Crippen LogP contribution is 2.34. The maximum Gasteiger partial charge on any atom is 0.343 e. The Labute approximate surface area is 158 Å². The van der Waals surface area contributed by atoms with Crippen molar-refractivity contribution in [1.29, 1.82) is 0 Å². The lowest BCUT2D eigenvalue weighted by molar-refractivity contribution is -0.143. The van der Waals surface area contributed by atoms with E-state index in [0.29, 0.717) is 22.0 Å². The fourth-order valence-corrected chi connectivity index (χ4v) is 3.27. The molecule has 0 bridgehead atoms. The third-order valence-electron chi connectivity index (χ3n) is 3.23. The van der Waals surface area contributed by atoms with Gasteiger partial charge in [0.25, 0.3) is 5.91 Å². The standard InChI is InChI=1S/C16H15NO7S2/c1-22-11-5-9(3-4-10(11)24-8-14(20)23-2)6-12-15(21)17(7-13(18)19)16(25)26-12/h3-6H,7-8H2,1-2H3,(H,18,19). The zero-order valence-corrected chi connectivity index (χ0v) is 15.5. The van der Waals surface area contributed by atoms with Crippen LogP contribution in [0.25, 0.3) is 6.08 Å². The van der Waals surface area contributed by atoms with Gasteiger partial charge in [0.1, 0.15) is 10.9 Å². The summed E-state index contributed by atoms with van der Waals surface area (Å²) < 4.78 is 15.2. The summed E-state index contributed by atoms with van der Waals surface area (Å²) in [5, 5.41) is 8.85. The summed E-state index contributed by atoms with van der Waals surface area (Å²) in [5.74, 6) is -1.43. The quantitative estimate of drug-likeness (QED) is 0.417. The molecule has 2 rings (SSSR count). The molecule has 1 amide bonds. The van der Waals surface area contributed by atoms with Gasteiger partial charge >= 0.3 is 11.9 Å². The lowest BCUT2D eigenvalue weighted by Gasteiger charge is -2.11. The van der Waals surface area contributed by atoms with Gasteiger partial charge in [-0.3, -0.25) is 14.5 Å². The Morgan fingerprint density at radius 3 is 2.65 bits per heavy atom. The first-order valence-corrected chi connectivity index (χ1v) is 8.43. The van der Waals surface area contributed by atoms with Crippen molar-refractivity contribution in [3.8, 4) is 11.5 Å². The normalized spacial score (nSPS) is 15.3. The highest BCUT2D eigenvalue weighted by Gasteiger charge is 2.33. The molecule has 0 spiro atoms. The van der Waals surface area contributed by atoms with Crippen molar-refractivity contribution in [3.05, 3.63) is 28.7 Å². The second-order valence-electron chi connectivity index (χ2n) is 4.94. The molecule has 0 aliphatic carbocycles. The first-order valence-electron chi connectivity index (χ1n) is 7.20. The fourth-order valence-electron chi connectivity index (χ4n) is 2.01. The first kappa shape index (κ1) is 19.7. The van der Waals surface area contributed by atoms with Gasteiger partial charge in [-0.05, 0) is 23.8 Å². The van der Waals surface area contributed by atoms with Crippen molar-refractivity contribution in [1.82, 2.24) is 4.90 Å². The van der Waals surface area contributed by atoms with Crippen LogP contribution in [-0.4, -0.2) is 59.5 Å². The number of thiocarbonyl (C=S) groups is 1. The molecule has 1 aliphatic heterocycles. The average molecular weight is 397 g/mol. The smallest absolute Gasteiger partial charge is 0.343 e. The van der Waals surface area contributed by atoms with Gasteiger partial charge < -0.3 is 19.3 Å². The van der Waals surface area contributed by atoms with Gasteiger partial charge in [0, 0.05) is 0 Å². The van der Waals surface area contributed by atoms with Gasteiger partial charge in [0.15, 0.2) is 18.1 Å². The molecule has 1 heterocycles. The average Bonchev–Trinajstić information content (AvgIpc) is 2.87. The van der Waals surface area contributed by atoms with Gasteiger partial charge in [-0.15, -0.1) is 0 Å². The predicted molar refractivity (Wildman–Crippen MR) is 98.0 cm³/mol. The van der Waals surface area contributed by atoms with Crippen LogP contribution in [0.3, 0.4) is 0 Å². The second-order valence-corrected chi connectivity index (χ2v) is 6.61. The second kappa shape index (κ2) is 8.68. The highest BCUT2D eigenvalue weighted by atomic mass is 32.2. The highest BCUT2D eigenvalue weighted by molar-refractivity contribution is 8.26. The third-order valence-corrected chi connectivity index (χ3v) is 4.60. The number of aliphatic carboxylic acids is 1. The molecule has 8 nitrogen and oxygen atoms in total. The molecule has 1 fully saturated rings. The van der Waals surface area contributed by atoms with E-state index in [1.54, 1.807) is 24.3 Å². The fraction of sp³-hybridized carbons (Fsp3) is 0.250. The molecular formula is C16H15NO7S2. The molecule has 0 saturated carbocycles. The minimum absolute atomic E-state index is 0.189. The van der Waals surface area contributed by atoms with Gasteiger partial charge in [-0.1, -0.05) is 30.0 Å². The van der Waals surface area contributed by atoms with Crippen molar-refractivity contribution >= 4 is 52.2 Å². The number of carboxylic acid groups (broad SMARTS) is 1. The van der Waals surface area contributed by atoms with Crippen LogP contribution >= 0.6 is 24.0 Å². The predicted octanol–water partition coefficient (Wildman–Crippen LogP) is 1.53. The number of esters is 1. The van der Waals surface area contributed by atoms with Crippen LogP contribution in [-0.2, 0) is 19.1 Å². The number of ether oxygens (including phenoxy) is 3. The number of methoxy groups -OCH3 is 2. The number of carbonyl (C=O) groups excluding carboxylic acids is 2. The van der Waals surface area contributed by atoms with Gasteiger partial charge in [-0.2, -0.15) is 0 Å². The van der Waals surface area contributed by atoms with Crippen LogP contribution < -0.4 is 9.47 Å². The number of carbonyl (C=O) groups is 3. The van der Waals surface area contributed by atoms with E-state index in [9.17, 15) is 14.4 Å². The topological polar surface area (TPSA) is 102 Å². The SMILES string of the molecule is COC(=O)COc1ccc(C=C2SC(=S)N(CC(=O)O)C2=O)cc1OC. The Morgan fingerprint density at radius 2 is 2.04 bits per heavy atom. The van der Waals surface area contributed by atoms with Crippen molar-refractivity contribution in [2.75, 3.05) is 27.4 Å². The summed E-state index contributed by atoms with van der Waals surface area (Å²) in [7, 11) is 2.70.